The van der Waals surface area contributed by atoms with Gasteiger partial charge in [-0.1, -0.05) is 6.92 Å². The van der Waals surface area contributed by atoms with Crippen molar-refractivity contribution in [1.29, 1.82) is 0 Å². The van der Waals surface area contributed by atoms with E-state index in [2.05, 4.69) is 18.9 Å². The molecule has 0 saturated carbocycles. The maximum atomic E-state index is 10.5. The summed E-state index contributed by atoms with van der Waals surface area (Å²) in [6, 6.07) is 0. The Morgan fingerprint density at radius 3 is 2.54 bits per heavy atom. The fourth-order valence-corrected chi connectivity index (χ4v) is 2.04. The summed E-state index contributed by atoms with van der Waals surface area (Å²) >= 11 is 0. The van der Waals surface area contributed by atoms with Crippen LogP contribution in [0.15, 0.2) is 0 Å². The minimum atomic E-state index is -0.661. The van der Waals surface area contributed by atoms with Gasteiger partial charge in [0.15, 0.2) is 0 Å². The van der Waals surface area contributed by atoms with Gasteiger partial charge in [0, 0.05) is 6.42 Å². The largest absolute Gasteiger partial charge is 0.481 e. The fourth-order valence-electron chi connectivity index (χ4n) is 2.04. The van der Waals surface area contributed by atoms with Gasteiger partial charge in [0.05, 0.1) is 0 Å². The third-order valence-electron chi connectivity index (χ3n) is 3.06. The third kappa shape index (κ3) is 3.35. The van der Waals surface area contributed by atoms with Gasteiger partial charge in [-0.3, -0.25) is 4.79 Å². The van der Waals surface area contributed by atoms with Crippen molar-refractivity contribution in [2.45, 2.75) is 26.2 Å². The molecule has 76 valence electrons. The van der Waals surface area contributed by atoms with Crippen molar-refractivity contribution >= 4 is 5.97 Å². The van der Waals surface area contributed by atoms with E-state index in [1.165, 1.54) is 0 Å². The Morgan fingerprint density at radius 2 is 2.08 bits per heavy atom. The van der Waals surface area contributed by atoms with Crippen molar-refractivity contribution in [2.24, 2.45) is 11.8 Å². The van der Waals surface area contributed by atoms with Crippen LogP contribution in [0.5, 0.6) is 0 Å². The molecule has 0 radical (unpaired) electrons. The molecule has 1 aliphatic heterocycles. The number of carbonyl (C=O) groups is 1. The molecule has 0 aromatic carbocycles. The number of hydrogen-bond acceptors (Lipinski definition) is 2. The van der Waals surface area contributed by atoms with E-state index >= 15 is 0 Å². The summed E-state index contributed by atoms with van der Waals surface area (Å²) in [6.07, 6.45) is 2.64. The number of hydrogen-bond donors (Lipinski definition) is 1. The summed E-state index contributed by atoms with van der Waals surface area (Å²) in [5.74, 6) is 0.296. The van der Waals surface area contributed by atoms with Crippen LogP contribution in [0.4, 0.5) is 0 Å². The summed E-state index contributed by atoms with van der Waals surface area (Å²) in [6.45, 7) is 4.30. The number of rotatable bonds is 3. The highest BCUT2D eigenvalue weighted by Crippen LogP contribution is 2.26. The molecule has 0 bridgehead atoms. The second-order valence-corrected chi connectivity index (χ2v) is 4.22. The molecule has 1 saturated heterocycles. The number of piperidine rings is 1. The normalized spacial score (nSPS) is 22.9. The smallest absolute Gasteiger partial charge is 0.303 e. The van der Waals surface area contributed by atoms with Crippen molar-refractivity contribution in [1.82, 2.24) is 4.90 Å². The van der Waals surface area contributed by atoms with Gasteiger partial charge in [-0.2, -0.15) is 0 Å². The van der Waals surface area contributed by atoms with Crippen LogP contribution >= 0.6 is 0 Å². The molecule has 0 spiro atoms. The molecule has 0 aromatic rings. The van der Waals surface area contributed by atoms with E-state index in [-0.39, 0.29) is 0 Å². The lowest BCUT2D eigenvalue weighted by molar-refractivity contribution is -0.138. The van der Waals surface area contributed by atoms with E-state index < -0.39 is 5.97 Å². The highest BCUT2D eigenvalue weighted by Gasteiger charge is 2.23. The van der Waals surface area contributed by atoms with Gasteiger partial charge < -0.3 is 10.0 Å². The molecular formula is C10H19NO2. The SMILES string of the molecule is C[C@H](CC(=O)O)C1CCN(C)CC1. The predicted octanol–water partition coefficient (Wildman–Crippen LogP) is 1.44. The van der Waals surface area contributed by atoms with Crippen LogP contribution in [-0.4, -0.2) is 36.1 Å². The van der Waals surface area contributed by atoms with Crippen molar-refractivity contribution < 1.29 is 9.90 Å². The Kier molecular flexibility index (Phi) is 3.72. The quantitative estimate of drug-likeness (QED) is 0.723. The zero-order valence-electron chi connectivity index (χ0n) is 8.49. The first-order chi connectivity index (χ1) is 6.09. The van der Waals surface area contributed by atoms with Gasteiger partial charge in [-0.05, 0) is 44.8 Å². The molecule has 0 unspecified atom stereocenters. The first-order valence-corrected chi connectivity index (χ1v) is 5.00. The molecule has 1 N–H and O–H groups in total. The summed E-state index contributed by atoms with van der Waals surface area (Å²) in [7, 11) is 2.12. The average Bonchev–Trinajstić information content (AvgIpc) is 2.04. The van der Waals surface area contributed by atoms with Gasteiger partial charge >= 0.3 is 5.97 Å². The molecule has 0 aliphatic carbocycles. The Balaban J connectivity index is 2.31. The van der Waals surface area contributed by atoms with Crippen LogP contribution in [0, 0.1) is 11.8 Å². The van der Waals surface area contributed by atoms with E-state index in [1.807, 2.05) is 0 Å². The molecule has 3 heteroatoms. The van der Waals surface area contributed by atoms with Crippen LogP contribution in [0.2, 0.25) is 0 Å². The second kappa shape index (κ2) is 4.61. The van der Waals surface area contributed by atoms with Gasteiger partial charge in [0.1, 0.15) is 0 Å². The summed E-state index contributed by atoms with van der Waals surface area (Å²) in [5, 5.41) is 8.66. The Hall–Kier alpha value is -0.570. The van der Waals surface area contributed by atoms with Crippen LogP contribution in [-0.2, 0) is 4.79 Å². The van der Waals surface area contributed by atoms with Crippen LogP contribution < -0.4 is 0 Å². The zero-order valence-corrected chi connectivity index (χ0v) is 8.49. The fraction of sp³-hybridized carbons (Fsp3) is 0.900. The molecule has 1 fully saturated rings. The monoisotopic (exact) mass is 185 g/mol. The van der Waals surface area contributed by atoms with Crippen molar-refractivity contribution in [3.8, 4) is 0 Å². The summed E-state index contributed by atoms with van der Waals surface area (Å²) in [4.78, 5) is 12.8. The highest BCUT2D eigenvalue weighted by molar-refractivity contribution is 5.66. The lowest BCUT2D eigenvalue weighted by Gasteiger charge is -2.32. The average molecular weight is 185 g/mol. The van der Waals surface area contributed by atoms with Gasteiger partial charge in [-0.25, -0.2) is 0 Å². The van der Waals surface area contributed by atoms with E-state index in [9.17, 15) is 4.79 Å². The van der Waals surface area contributed by atoms with E-state index in [1.54, 1.807) is 0 Å². The maximum Gasteiger partial charge on any atom is 0.303 e. The number of carboxylic acids is 1. The molecule has 1 heterocycles. The third-order valence-corrected chi connectivity index (χ3v) is 3.06. The molecule has 1 aliphatic rings. The minimum Gasteiger partial charge on any atom is -0.481 e. The number of aliphatic carboxylic acids is 1. The van der Waals surface area contributed by atoms with Gasteiger partial charge in [0.2, 0.25) is 0 Å². The molecule has 13 heavy (non-hydrogen) atoms. The Bertz CT molecular complexity index is 174. The van der Waals surface area contributed by atoms with E-state index in [0.29, 0.717) is 18.3 Å². The number of likely N-dealkylation sites (tertiary alicyclic amines) is 1. The minimum absolute atomic E-state index is 0.328. The van der Waals surface area contributed by atoms with Crippen molar-refractivity contribution in [2.75, 3.05) is 20.1 Å². The molecule has 1 rings (SSSR count). The van der Waals surface area contributed by atoms with Gasteiger partial charge in [0.25, 0.3) is 0 Å². The highest BCUT2D eigenvalue weighted by atomic mass is 16.4. The topological polar surface area (TPSA) is 40.5 Å². The first kappa shape index (κ1) is 10.5. The zero-order chi connectivity index (χ0) is 9.84. The van der Waals surface area contributed by atoms with Crippen molar-refractivity contribution in [3.05, 3.63) is 0 Å². The van der Waals surface area contributed by atoms with Crippen LogP contribution in [0.1, 0.15) is 26.2 Å². The lowest BCUT2D eigenvalue weighted by atomic mass is 9.84. The molecule has 3 nitrogen and oxygen atoms in total. The second-order valence-electron chi connectivity index (χ2n) is 4.22. The molecule has 0 amide bonds. The predicted molar refractivity (Wildman–Crippen MR) is 51.6 cm³/mol. The molecule has 0 aromatic heterocycles. The van der Waals surface area contributed by atoms with E-state index in [4.69, 9.17) is 5.11 Å². The number of carboxylic acid groups (broad SMARTS) is 1. The lowest BCUT2D eigenvalue weighted by Crippen LogP contribution is -2.33. The standard InChI is InChI=1S/C10H19NO2/c1-8(7-10(12)13)9-3-5-11(2)6-4-9/h8-9H,3-7H2,1-2H3,(H,12,13)/t8-/m1/s1. The Labute approximate surface area is 79.7 Å². The molecule has 1 atom stereocenters. The van der Waals surface area contributed by atoms with Crippen molar-refractivity contribution in [3.63, 3.8) is 0 Å². The maximum absolute atomic E-state index is 10.5. The van der Waals surface area contributed by atoms with Crippen LogP contribution in [0.25, 0.3) is 0 Å². The number of nitrogens with zero attached hydrogens (tertiary/aromatic N) is 1. The summed E-state index contributed by atoms with van der Waals surface area (Å²) in [5.41, 5.74) is 0. The van der Waals surface area contributed by atoms with E-state index in [0.717, 1.165) is 25.9 Å². The molecular weight excluding hydrogens is 166 g/mol. The van der Waals surface area contributed by atoms with Gasteiger partial charge in [-0.15, -0.1) is 0 Å². The summed E-state index contributed by atoms with van der Waals surface area (Å²) < 4.78 is 0. The van der Waals surface area contributed by atoms with Crippen LogP contribution in [0.3, 0.4) is 0 Å². The Morgan fingerprint density at radius 1 is 1.54 bits per heavy atom. The first-order valence-electron chi connectivity index (χ1n) is 5.00.